The molecule has 1 N–H and O–H groups in total. The molecule has 0 saturated carbocycles. The average Bonchev–Trinajstić information content (AvgIpc) is 2.35. The van der Waals surface area contributed by atoms with E-state index < -0.39 is 0 Å². The molecular weight excluding hydrogens is 232 g/mol. The Hall–Kier alpha value is -1.83. The first-order valence-electron chi connectivity index (χ1n) is 6.77. The molecule has 0 bridgehead atoms. The molecule has 0 amide bonds. The van der Waals surface area contributed by atoms with Crippen LogP contribution in [0, 0.1) is 19.8 Å². The summed E-state index contributed by atoms with van der Waals surface area (Å²) in [6.45, 7) is 12.2. The maximum atomic E-state index is 4.49. The van der Waals surface area contributed by atoms with Gasteiger partial charge in [-0.1, -0.05) is 32.6 Å². The van der Waals surface area contributed by atoms with Crippen LogP contribution in [0.25, 0.3) is 0 Å². The topological polar surface area (TPSA) is 24.4 Å². The predicted octanol–water partition coefficient (Wildman–Crippen LogP) is 4.86. The van der Waals surface area contributed by atoms with Crippen LogP contribution >= 0.6 is 0 Å². The van der Waals surface area contributed by atoms with E-state index in [1.165, 1.54) is 11.1 Å². The minimum absolute atomic E-state index is 0.398. The van der Waals surface area contributed by atoms with Gasteiger partial charge in [0, 0.05) is 17.8 Å². The lowest BCUT2D eigenvalue weighted by molar-refractivity contribution is 0.737. The lowest BCUT2D eigenvalue weighted by Gasteiger charge is -2.15. The third kappa shape index (κ3) is 5.12. The third-order valence-electron chi connectivity index (χ3n) is 3.01. The van der Waals surface area contributed by atoms with Crippen LogP contribution in [0.4, 0.5) is 5.69 Å². The molecule has 0 spiro atoms. The summed E-state index contributed by atoms with van der Waals surface area (Å²) in [6, 6.07) is 6.45. The fourth-order valence-corrected chi connectivity index (χ4v) is 1.85. The highest BCUT2D eigenvalue weighted by Gasteiger charge is 2.08. The molecular formula is C17H24N2. The van der Waals surface area contributed by atoms with Gasteiger partial charge >= 0.3 is 0 Å². The Morgan fingerprint density at radius 3 is 2.47 bits per heavy atom. The SMILES string of the molecule is C=C/C=C\N=C(Nc1cc(C)cc(C)c1)C(C)CC. The summed E-state index contributed by atoms with van der Waals surface area (Å²) >= 11 is 0. The van der Waals surface area contributed by atoms with Crippen molar-refractivity contribution < 1.29 is 0 Å². The van der Waals surface area contributed by atoms with Crippen LogP contribution < -0.4 is 5.32 Å². The second-order valence-corrected chi connectivity index (χ2v) is 4.90. The highest BCUT2D eigenvalue weighted by molar-refractivity contribution is 5.97. The Kier molecular flexibility index (Phi) is 6.07. The second-order valence-electron chi connectivity index (χ2n) is 4.90. The minimum Gasteiger partial charge on any atom is -0.344 e. The first-order valence-corrected chi connectivity index (χ1v) is 6.77. The largest absolute Gasteiger partial charge is 0.344 e. The highest BCUT2D eigenvalue weighted by Crippen LogP contribution is 2.16. The fourth-order valence-electron chi connectivity index (χ4n) is 1.85. The van der Waals surface area contributed by atoms with Gasteiger partial charge in [-0.2, -0.15) is 0 Å². The zero-order valence-corrected chi connectivity index (χ0v) is 12.4. The minimum atomic E-state index is 0.398. The Morgan fingerprint density at radius 2 is 1.95 bits per heavy atom. The van der Waals surface area contributed by atoms with Gasteiger partial charge in [0.2, 0.25) is 0 Å². The summed E-state index contributed by atoms with van der Waals surface area (Å²) in [5, 5.41) is 3.43. The van der Waals surface area contributed by atoms with Crippen molar-refractivity contribution in [1.82, 2.24) is 0 Å². The number of benzene rings is 1. The van der Waals surface area contributed by atoms with Crippen LogP contribution in [0.2, 0.25) is 0 Å². The fraction of sp³-hybridized carbons (Fsp3) is 0.353. The Balaban J connectivity index is 2.96. The van der Waals surface area contributed by atoms with Crippen molar-refractivity contribution in [2.24, 2.45) is 10.9 Å². The molecule has 0 heterocycles. The molecule has 0 aliphatic heterocycles. The summed E-state index contributed by atoms with van der Waals surface area (Å²) in [5.41, 5.74) is 3.61. The molecule has 1 aromatic rings. The van der Waals surface area contributed by atoms with Gasteiger partial charge in [0.25, 0.3) is 0 Å². The summed E-state index contributed by atoms with van der Waals surface area (Å²) in [4.78, 5) is 4.49. The maximum absolute atomic E-state index is 4.49. The van der Waals surface area contributed by atoms with Crippen molar-refractivity contribution in [2.75, 3.05) is 5.32 Å². The number of aryl methyl sites for hydroxylation is 2. The van der Waals surface area contributed by atoms with E-state index >= 15 is 0 Å². The number of aliphatic imine (C=N–C) groups is 1. The monoisotopic (exact) mass is 256 g/mol. The van der Waals surface area contributed by atoms with E-state index in [0.29, 0.717) is 5.92 Å². The number of hydrogen-bond donors (Lipinski definition) is 1. The van der Waals surface area contributed by atoms with Crippen LogP contribution in [-0.4, -0.2) is 5.84 Å². The molecule has 0 aliphatic rings. The van der Waals surface area contributed by atoms with Gasteiger partial charge in [0.15, 0.2) is 0 Å². The van der Waals surface area contributed by atoms with Crippen molar-refractivity contribution in [3.8, 4) is 0 Å². The molecule has 0 radical (unpaired) electrons. The number of nitrogens with one attached hydrogen (secondary N) is 1. The van der Waals surface area contributed by atoms with E-state index in [1.54, 1.807) is 12.3 Å². The molecule has 19 heavy (non-hydrogen) atoms. The molecule has 2 nitrogen and oxygen atoms in total. The van der Waals surface area contributed by atoms with Crippen molar-refractivity contribution in [3.63, 3.8) is 0 Å². The molecule has 0 aromatic heterocycles. The lowest BCUT2D eigenvalue weighted by Crippen LogP contribution is -2.20. The molecule has 2 heteroatoms. The highest BCUT2D eigenvalue weighted by atomic mass is 15.0. The van der Waals surface area contributed by atoms with E-state index in [4.69, 9.17) is 0 Å². The molecule has 1 unspecified atom stereocenters. The van der Waals surface area contributed by atoms with Crippen LogP contribution in [0.15, 0.2) is 48.1 Å². The molecule has 1 atom stereocenters. The number of nitrogens with zero attached hydrogens (tertiary/aromatic N) is 1. The summed E-state index contributed by atoms with van der Waals surface area (Å²) in [6.07, 6.45) is 6.41. The normalized spacial score (nSPS) is 13.6. The Labute approximate surface area is 117 Å². The van der Waals surface area contributed by atoms with E-state index in [2.05, 4.69) is 62.8 Å². The van der Waals surface area contributed by atoms with E-state index in [9.17, 15) is 0 Å². The number of allylic oxidation sites excluding steroid dienone is 2. The van der Waals surface area contributed by atoms with Crippen LogP contribution in [0.1, 0.15) is 31.4 Å². The van der Waals surface area contributed by atoms with E-state index in [0.717, 1.165) is 17.9 Å². The van der Waals surface area contributed by atoms with E-state index in [-0.39, 0.29) is 0 Å². The Morgan fingerprint density at radius 1 is 1.32 bits per heavy atom. The number of hydrogen-bond acceptors (Lipinski definition) is 1. The molecule has 1 aromatic carbocycles. The van der Waals surface area contributed by atoms with Gasteiger partial charge in [-0.25, -0.2) is 4.99 Å². The zero-order valence-electron chi connectivity index (χ0n) is 12.4. The standard InChI is InChI=1S/C17H24N2/c1-6-8-9-18-17(15(5)7-2)19-16-11-13(3)10-14(4)12-16/h6,8-12,15H,1,7H2,2-5H3,(H,18,19)/b9-8-. The predicted molar refractivity (Wildman–Crippen MR) is 85.8 cm³/mol. The lowest BCUT2D eigenvalue weighted by atomic mass is 10.1. The summed E-state index contributed by atoms with van der Waals surface area (Å²) in [7, 11) is 0. The van der Waals surface area contributed by atoms with Gasteiger partial charge in [0.1, 0.15) is 5.84 Å². The molecule has 102 valence electrons. The summed E-state index contributed by atoms with van der Waals surface area (Å²) in [5.74, 6) is 1.39. The number of amidine groups is 1. The van der Waals surface area contributed by atoms with Crippen molar-refractivity contribution in [3.05, 3.63) is 54.3 Å². The number of rotatable bonds is 5. The molecule has 0 aliphatic carbocycles. The van der Waals surface area contributed by atoms with Gasteiger partial charge in [-0.15, -0.1) is 0 Å². The van der Waals surface area contributed by atoms with Gasteiger partial charge in [-0.3, -0.25) is 0 Å². The summed E-state index contributed by atoms with van der Waals surface area (Å²) < 4.78 is 0. The van der Waals surface area contributed by atoms with E-state index in [1.807, 2.05) is 6.08 Å². The first-order chi connectivity index (χ1) is 9.06. The molecule has 1 rings (SSSR count). The van der Waals surface area contributed by atoms with Crippen LogP contribution in [-0.2, 0) is 0 Å². The zero-order chi connectivity index (χ0) is 14.3. The van der Waals surface area contributed by atoms with Gasteiger partial charge in [-0.05, 0) is 49.6 Å². The maximum Gasteiger partial charge on any atom is 0.109 e. The van der Waals surface area contributed by atoms with Crippen LogP contribution in [0.3, 0.4) is 0 Å². The number of anilines is 1. The smallest absolute Gasteiger partial charge is 0.109 e. The quantitative estimate of drug-likeness (QED) is 0.454. The molecule has 0 saturated heterocycles. The second kappa shape index (κ2) is 7.57. The third-order valence-corrected chi connectivity index (χ3v) is 3.01. The van der Waals surface area contributed by atoms with Gasteiger partial charge < -0.3 is 5.32 Å². The molecule has 0 fully saturated rings. The van der Waals surface area contributed by atoms with Crippen molar-refractivity contribution in [1.29, 1.82) is 0 Å². The van der Waals surface area contributed by atoms with Gasteiger partial charge in [0.05, 0.1) is 0 Å². The first kappa shape index (κ1) is 15.2. The average molecular weight is 256 g/mol. The van der Waals surface area contributed by atoms with Crippen LogP contribution in [0.5, 0.6) is 0 Å². The van der Waals surface area contributed by atoms with Crippen molar-refractivity contribution in [2.45, 2.75) is 34.1 Å². The van der Waals surface area contributed by atoms with Crippen molar-refractivity contribution >= 4 is 11.5 Å². The Bertz CT molecular complexity index is 464.